The van der Waals surface area contributed by atoms with Crippen molar-refractivity contribution in [2.24, 2.45) is 5.92 Å². The summed E-state index contributed by atoms with van der Waals surface area (Å²) in [4.78, 5) is 0.212. The molecule has 1 aromatic rings. The van der Waals surface area contributed by atoms with Crippen LogP contribution in [0.5, 0.6) is 0 Å². The molecule has 1 saturated heterocycles. The highest BCUT2D eigenvalue weighted by Crippen LogP contribution is 2.37. The van der Waals surface area contributed by atoms with Crippen molar-refractivity contribution in [3.05, 3.63) is 29.8 Å². The Hall–Kier alpha value is -0.910. The molecule has 5 heteroatoms. The zero-order chi connectivity index (χ0) is 14.9. The van der Waals surface area contributed by atoms with E-state index in [1.807, 2.05) is 6.92 Å². The summed E-state index contributed by atoms with van der Waals surface area (Å²) in [6, 6.07) is 6.72. The normalized spacial score (nSPS) is 29.3. The van der Waals surface area contributed by atoms with Gasteiger partial charge in [-0.25, -0.2) is 0 Å². The second-order valence-corrected chi connectivity index (χ2v) is 7.74. The summed E-state index contributed by atoms with van der Waals surface area (Å²) >= 11 is 0. The number of rotatable bonds is 4. The van der Waals surface area contributed by atoms with Crippen LogP contribution in [0.2, 0.25) is 0 Å². The van der Waals surface area contributed by atoms with Gasteiger partial charge in [-0.2, -0.15) is 8.42 Å². The zero-order valence-electron chi connectivity index (χ0n) is 12.3. The molecule has 1 aliphatic carbocycles. The molecule has 0 amide bonds. The summed E-state index contributed by atoms with van der Waals surface area (Å²) in [5.74, 6) is 0.592. The molecule has 0 bridgehead atoms. The minimum Gasteiger partial charge on any atom is -0.372 e. The number of hydrogen-bond donors (Lipinski definition) is 0. The third kappa shape index (κ3) is 3.47. The van der Waals surface area contributed by atoms with Gasteiger partial charge in [0.1, 0.15) is 0 Å². The number of aryl methyl sites for hydroxylation is 1. The number of benzene rings is 1. The fourth-order valence-corrected chi connectivity index (χ4v) is 4.25. The standard InChI is InChI=1S/C16H22O4S/c1-12-6-8-15(9-7-12)21(17,18)19-11-14-10-13-4-2-3-5-16(13)20-14/h6-9,13-14,16H,2-5,10-11H2,1H3. The van der Waals surface area contributed by atoms with Gasteiger partial charge in [0.2, 0.25) is 0 Å². The first-order valence-electron chi connectivity index (χ1n) is 7.66. The van der Waals surface area contributed by atoms with Crippen LogP contribution in [0, 0.1) is 12.8 Å². The summed E-state index contributed by atoms with van der Waals surface area (Å²) in [5.41, 5.74) is 1.03. The van der Waals surface area contributed by atoms with Crippen LogP contribution in [0.4, 0.5) is 0 Å². The van der Waals surface area contributed by atoms with E-state index < -0.39 is 10.1 Å². The van der Waals surface area contributed by atoms with Crippen LogP contribution in [0.1, 0.15) is 37.7 Å². The van der Waals surface area contributed by atoms with Crippen LogP contribution in [0.25, 0.3) is 0 Å². The topological polar surface area (TPSA) is 52.6 Å². The van der Waals surface area contributed by atoms with Crippen LogP contribution in [0.15, 0.2) is 29.2 Å². The van der Waals surface area contributed by atoms with Gasteiger partial charge in [0.15, 0.2) is 0 Å². The van der Waals surface area contributed by atoms with E-state index >= 15 is 0 Å². The third-order valence-corrected chi connectivity index (χ3v) is 5.79. The number of fused-ring (bicyclic) bond motifs is 1. The van der Waals surface area contributed by atoms with Crippen molar-refractivity contribution in [1.29, 1.82) is 0 Å². The maximum absolute atomic E-state index is 12.1. The van der Waals surface area contributed by atoms with E-state index in [4.69, 9.17) is 8.92 Å². The van der Waals surface area contributed by atoms with E-state index in [0.29, 0.717) is 12.0 Å². The van der Waals surface area contributed by atoms with Gasteiger partial charge in [-0.3, -0.25) is 4.18 Å². The van der Waals surface area contributed by atoms with Crippen LogP contribution in [0.3, 0.4) is 0 Å². The molecule has 3 atom stereocenters. The van der Waals surface area contributed by atoms with Gasteiger partial charge in [0.05, 0.1) is 23.7 Å². The van der Waals surface area contributed by atoms with Gasteiger partial charge in [0.25, 0.3) is 10.1 Å². The molecule has 1 aromatic carbocycles. The Morgan fingerprint density at radius 3 is 2.62 bits per heavy atom. The van der Waals surface area contributed by atoms with E-state index in [9.17, 15) is 8.42 Å². The molecular formula is C16H22O4S. The van der Waals surface area contributed by atoms with Crippen LogP contribution in [-0.2, 0) is 19.0 Å². The lowest BCUT2D eigenvalue weighted by atomic mass is 9.85. The van der Waals surface area contributed by atoms with Gasteiger partial charge in [-0.1, -0.05) is 30.5 Å². The molecule has 21 heavy (non-hydrogen) atoms. The predicted molar refractivity (Wildman–Crippen MR) is 79.6 cm³/mol. The van der Waals surface area contributed by atoms with Gasteiger partial charge in [0, 0.05) is 0 Å². The van der Waals surface area contributed by atoms with Gasteiger partial charge in [-0.05, 0) is 44.2 Å². The number of ether oxygens (including phenoxy) is 1. The SMILES string of the molecule is Cc1ccc(S(=O)(=O)OCC2CC3CCCCC3O2)cc1. The van der Waals surface area contributed by atoms with Crippen LogP contribution < -0.4 is 0 Å². The summed E-state index contributed by atoms with van der Waals surface area (Å²) < 4.78 is 35.4. The molecule has 3 unspecified atom stereocenters. The zero-order valence-corrected chi connectivity index (χ0v) is 13.1. The molecule has 0 N–H and O–H groups in total. The Bertz CT molecular complexity index is 565. The van der Waals surface area contributed by atoms with Crippen molar-refractivity contribution in [2.75, 3.05) is 6.61 Å². The molecule has 2 aliphatic rings. The molecule has 116 valence electrons. The quantitative estimate of drug-likeness (QED) is 0.802. The van der Waals surface area contributed by atoms with Gasteiger partial charge >= 0.3 is 0 Å². The molecule has 0 radical (unpaired) electrons. The van der Waals surface area contributed by atoms with Crippen molar-refractivity contribution in [3.63, 3.8) is 0 Å². The minimum atomic E-state index is -3.68. The molecule has 1 heterocycles. The molecule has 0 aromatic heterocycles. The lowest BCUT2D eigenvalue weighted by molar-refractivity contribution is 0.000272. The van der Waals surface area contributed by atoms with Crippen molar-refractivity contribution in [1.82, 2.24) is 0 Å². The summed E-state index contributed by atoms with van der Waals surface area (Å²) in [6.45, 7) is 2.05. The molecule has 3 rings (SSSR count). The lowest BCUT2D eigenvalue weighted by Gasteiger charge is -2.23. The average Bonchev–Trinajstić information content (AvgIpc) is 2.89. The first-order valence-corrected chi connectivity index (χ1v) is 9.07. The monoisotopic (exact) mass is 310 g/mol. The Kier molecular flexibility index (Phi) is 4.33. The highest BCUT2D eigenvalue weighted by Gasteiger charge is 2.37. The van der Waals surface area contributed by atoms with Crippen molar-refractivity contribution in [3.8, 4) is 0 Å². The average molecular weight is 310 g/mol. The molecular weight excluding hydrogens is 288 g/mol. The first kappa shape index (κ1) is 15.0. The largest absolute Gasteiger partial charge is 0.372 e. The smallest absolute Gasteiger partial charge is 0.297 e. The van der Waals surface area contributed by atoms with Crippen LogP contribution >= 0.6 is 0 Å². The first-order chi connectivity index (χ1) is 10.0. The molecule has 1 aliphatic heterocycles. The van der Waals surface area contributed by atoms with E-state index in [0.717, 1.165) is 18.4 Å². The lowest BCUT2D eigenvalue weighted by Crippen LogP contribution is -2.21. The number of hydrogen-bond acceptors (Lipinski definition) is 4. The van der Waals surface area contributed by atoms with E-state index in [1.165, 1.54) is 19.3 Å². The minimum absolute atomic E-state index is 0.0849. The summed E-state index contributed by atoms with van der Waals surface area (Å²) in [5, 5.41) is 0. The molecule has 1 saturated carbocycles. The maximum Gasteiger partial charge on any atom is 0.297 e. The predicted octanol–water partition coefficient (Wildman–Crippen LogP) is 3.05. The van der Waals surface area contributed by atoms with Crippen molar-refractivity contribution in [2.45, 2.75) is 56.1 Å². The highest BCUT2D eigenvalue weighted by atomic mass is 32.2. The fourth-order valence-electron chi connectivity index (χ4n) is 3.31. The third-order valence-electron chi connectivity index (χ3n) is 4.49. The van der Waals surface area contributed by atoms with E-state index in [2.05, 4.69) is 0 Å². The van der Waals surface area contributed by atoms with Crippen molar-refractivity contribution < 1.29 is 17.3 Å². The Morgan fingerprint density at radius 2 is 1.90 bits per heavy atom. The maximum atomic E-state index is 12.1. The Labute approximate surface area is 126 Å². The summed E-state index contributed by atoms with van der Waals surface area (Å²) in [6.07, 6.45) is 5.94. The fraction of sp³-hybridized carbons (Fsp3) is 0.625. The van der Waals surface area contributed by atoms with Gasteiger partial charge < -0.3 is 4.74 Å². The Morgan fingerprint density at radius 1 is 1.19 bits per heavy atom. The van der Waals surface area contributed by atoms with E-state index in [-0.39, 0.29) is 17.6 Å². The Balaban J connectivity index is 1.58. The second kappa shape index (κ2) is 6.07. The van der Waals surface area contributed by atoms with Gasteiger partial charge in [-0.15, -0.1) is 0 Å². The molecule has 0 spiro atoms. The highest BCUT2D eigenvalue weighted by molar-refractivity contribution is 7.86. The second-order valence-electron chi connectivity index (χ2n) is 6.13. The van der Waals surface area contributed by atoms with Crippen LogP contribution in [-0.4, -0.2) is 27.2 Å². The van der Waals surface area contributed by atoms with E-state index in [1.54, 1.807) is 24.3 Å². The molecule has 4 nitrogen and oxygen atoms in total. The van der Waals surface area contributed by atoms with Crippen molar-refractivity contribution >= 4 is 10.1 Å². The summed E-state index contributed by atoms with van der Waals surface area (Å²) in [7, 11) is -3.68. The molecule has 2 fully saturated rings.